The SMILES string of the molecule is O=C(CSc1ccc(S(=O)(=O)N2CCCC2)cn1)NCc1ccccc1. The standard InChI is InChI=1S/C18H21N3O3S2/c22-17(19-12-15-6-2-1-3-7-15)14-25-18-9-8-16(13-20-18)26(23,24)21-10-4-5-11-21/h1-3,6-9,13H,4-5,10-12,14H2,(H,19,22). The van der Waals surface area contributed by atoms with Crippen LogP contribution in [0.2, 0.25) is 0 Å². The zero-order chi connectivity index (χ0) is 18.4. The van der Waals surface area contributed by atoms with E-state index >= 15 is 0 Å². The molecule has 0 radical (unpaired) electrons. The quantitative estimate of drug-likeness (QED) is 0.733. The maximum absolute atomic E-state index is 12.4. The molecule has 8 heteroatoms. The molecule has 138 valence electrons. The van der Waals surface area contributed by atoms with Gasteiger partial charge in [-0.05, 0) is 30.5 Å². The molecule has 1 fully saturated rings. The van der Waals surface area contributed by atoms with E-state index in [4.69, 9.17) is 0 Å². The minimum Gasteiger partial charge on any atom is -0.351 e. The summed E-state index contributed by atoms with van der Waals surface area (Å²) < 4.78 is 26.4. The molecule has 0 unspecified atom stereocenters. The largest absolute Gasteiger partial charge is 0.351 e. The smallest absolute Gasteiger partial charge is 0.244 e. The summed E-state index contributed by atoms with van der Waals surface area (Å²) in [6.45, 7) is 1.63. The Labute approximate surface area is 158 Å². The molecular weight excluding hydrogens is 370 g/mol. The van der Waals surface area contributed by atoms with Crippen molar-refractivity contribution in [2.24, 2.45) is 0 Å². The molecule has 1 amide bonds. The van der Waals surface area contributed by atoms with Gasteiger partial charge in [-0.2, -0.15) is 4.31 Å². The fourth-order valence-corrected chi connectivity index (χ4v) is 4.80. The average molecular weight is 392 g/mol. The molecule has 1 aromatic heterocycles. The Bertz CT molecular complexity index is 834. The first-order chi connectivity index (χ1) is 12.6. The van der Waals surface area contributed by atoms with Crippen LogP contribution in [0, 0.1) is 0 Å². The van der Waals surface area contributed by atoms with Crippen molar-refractivity contribution >= 4 is 27.7 Å². The first-order valence-electron chi connectivity index (χ1n) is 8.45. The molecule has 0 aliphatic carbocycles. The third-order valence-electron chi connectivity index (χ3n) is 4.10. The highest BCUT2D eigenvalue weighted by Crippen LogP contribution is 2.22. The number of nitrogens with one attached hydrogen (secondary N) is 1. The lowest BCUT2D eigenvalue weighted by molar-refractivity contribution is -0.118. The zero-order valence-electron chi connectivity index (χ0n) is 14.3. The number of carbonyl (C=O) groups is 1. The molecule has 2 aromatic rings. The molecule has 0 atom stereocenters. The molecule has 1 aliphatic heterocycles. The van der Waals surface area contributed by atoms with Gasteiger partial charge in [0.2, 0.25) is 15.9 Å². The molecule has 1 N–H and O–H groups in total. The Morgan fingerprint density at radius 2 is 1.85 bits per heavy atom. The molecule has 1 aliphatic rings. The van der Waals surface area contributed by atoms with Gasteiger partial charge < -0.3 is 5.32 Å². The first-order valence-corrected chi connectivity index (χ1v) is 10.9. The van der Waals surface area contributed by atoms with Crippen LogP contribution in [-0.4, -0.2) is 42.5 Å². The van der Waals surface area contributed by atoms with Crippen LogP contribution in [-0.2, 0) is 21.4 Å². The highest BCUT2D eigenvalue weighted by atomic mass is 32.2. The molecule has 0 saturated carbocycles. The van der Waals surface area contributed by atoms with Crippen molar-refractivity contribution in [1.82, 2.24) is 14.6 Å². The summed E-state index contributed by atoms with van der Waals surface area (Å²) in [6.07, 6.45) is 3.18. The van der Waals surface area contributed by atoms with E-state index in [1.54, 1.807) is 12.1 Å². The summed E-state index contributed by atoms with van der Waals surface area (Å²) in [6, 6.07) is 12.9. The van der Waals surface area contributed by atoms with E-state index in [0.29, 0.717) is 24.7 Å². The maximum atomic E-state index is 12.4. The number of pyridine rings is 1. The normalized spacial score (nSPS) is 15.1. The summed E-state index contributed by atoms with van der Waals surface area (Å²) in [7, 11) is -3.44. The van der Waals surface area contributed by atoms with E-state index in [9.17, 15) is 13.2 Å². The lowest BCUT2D eigenvalue weighted by atomic mass is 10.2. The van der Waals surface area contributed by atoms with Crippen LogP contribution in [0.5, 0.6) is 0 Å². The fraction of sp³-hybridized carbons (Fsp3) is 0.333. The third-order valence-corrected chi connectivity index (χ3v) is 6.92. The summed E-state index contributed by atoms with van der Waals surface area (Å²) in [5.74, 6) is 0.146. The highest BCUT2D eigenvalue weighted by molar-refractivity contribution is 7.99. The topological polar surface area (TPSA) is 79.4 Å². The van der Waals surface area contributed by atoms with Crippen LogP contribution >= 0.6 is 11.8 Å². The second-order valence-electron chi connectivity index (χ2n) is 5.99. The van der Waals surface area contributed by atoms with Gasteiger partial charge in [-0.25, -0.2) is 13.4 Å². The van der Waals surface area contributed by atoms with Gasteiger partial charge in [0.15, 0.2) is 0 Å². The number of nitrogens with zero attached hydrogens (tertiary/aromatic N) is 2. The van der Waals surface area contributed by atoms with Gasteiger partial charge in [-0.15, -0.1) is 0 Å². The average Bonchev–Trinajstić information content (AvgIpc) is 3.21. The summed E-state index contributed by atoms with van der Waals surface area (Å²) in [5, 5.41) is 3.48. The number of hydrogen-bond donors (Lipinski definition) is 1. The van der Waals surface area contributed by atoms with E-state index in [-0.39, 0.29) is 16.6 Å². The van der Waals surface area contributed by atoms with Gasteiger partial charge in [0.05, 0.1) is 10.8 Å². The minimum atomic E-state index is -3.44. The number of amides is 1. The summed E-state index contributed by atoms with van der Waals surface area (Å²) >= 11 is 1.28. The van der Waals surface area contributed by atoms with E-state index in [1.807, 2.05) is 30.3 Å². The molecule has 0 spiro atoms. The number of carbonyl (C=O) groups excluding carboxylic acids is 1. The van der Waals surface area contributed by atoms with Crippen LogP contribution in [0.3, 0.4) is 0 Å². The van der Waals surface area contributed by atoms with Gasteiger partial charge in [-0.3, -0.25) is 4.79 Å². The van der Waals surface area contributed by atoms with Gasteiger partial charge >= 0.3 is 0 Å². The Morgan fingerprint density at radius 3 is 2.50 bits per heavy atom. The second kappa shape index (κ2) is 8.66. The van der Waals surface area contributed by atoms with Crippen molar-refractivity contribution in [2.75, 3.05) is 18.8 Å². The van der Waals surface area contributed by atoms with Gasteiger partial charge in [0.25, 0.3) is 0 Å². The van der Waals surface area contributed by atoms with Crippen molar-refractivity contribution in [2.45, 2.75) is 29.3 Å². The zero-order valence-corrected chi connectivity index (χ0v) is 15.9. The Balaban J connectivity index is 1.50. The minimum absolute atomic E-state index is 0.0885. The number of aromatic nitrogens is 1. The number of rotatable bonds is 7. The van der Waals surface area contributed by atoms with Crippen molar-refractivity contribution in [1.29, 1.82) is 0 Å². The lowest BCUT2D eigenvalue weighted by Gasteiger charge is -2.15. The third kappa shape index (κ3) is 4.84. The Kier molecular flexibility index (Phi) is 6.29. The highest BCUT2D eigenvalue weighted by Gasteiger charge is 2.27. The first kappa shape index (κ1) is 18.9. The van der Waals surface area contributed by atoms with Crippen LogP contribution in [0.25, 0.3) is 0 Å². The fourth-order valence-electron chi connectivity index (χ4n) is 2.67. The Hall–Kier alpha value is -1.90. The number of benzene rings is 1. The van der Waals surface area contributed by atoms with E-state index in [1.165, 1.54) is 22.3 Å². The predicted molar refractivity (Wildman–Crippen MR) is 101 cm³/mol. The van der Waals surface area contributed by atoms with Crippen molar-refractivity contribution in [3.8, 4) is 0 Å². The van der Waals surface area contributed by atoms with Crippen molar-refractivity contribution in [3.63, 3.8) is 0 Å². The van der Waals surface area contributed by atoms with Crippen LogP contribution in [0.4, 0.5) is 0 Å². The monoisotopic (exact) mass is 391 g/mol. The van der Waals surface area contributed by atoms with Crippen molar-refractivity contribution < 1.29 is 13.2 Å². The number of sulfonamides is 1. The van der Waals surface area contributed by atoms with Gasteiger partial charge in [0, 0.05) is 25.8 Å². The Morgan fingerprint density at radius 1 is 1.12 bits per heavy atom. The molecule has 1 saturated heterocycles. The predicted octanol–water partition coefficient (Wildman–Crippen LogP) is 2.27. The van der Waals surface area contributed by atoms with E-state index in [0.717, 1.165) is 18.4 Å². The lowest BCUT2D eigenvalue weighted by Crippen LogP contribution is -2.27. The van der Waals surface area contributed by atoms with Crippen LogP contribution < -0.4 is 5.32 Å². The van der Waals surface area contributed by atoms with Crippen LogP contribution in [0.1, 0.15) is 18.4 Å². The molecule has 1 aromatic carbocycles. The molecule has 0 bridgehead atoms. The van der Waals surface area contributed by atoms with E-state index in [2.05, 4.69) is 10.3 Å². The van der Waals surface area contributed by atoms with Gasteiger partial charge in [0.1, 0.15) is 4.90 Å². The van der Waals surface area contributed by atoms with Crippen molar-refractivity contribution in [3.05, 3.63) is 54.2 Å². The number of thioether (sulfide) groups is 1. The van der Waals surface area contributed by atoms with E-state index < -0.39 is 10.0 Å². The van der Waals surface area contributed by atoms with Crippen LogP contribution in [0.15, 0.2) is 58.6 Å². The molecule has 26 heavy (non-hydrogen) atoms. The maximum Gasteiger partial charge on any atom is 0.244 e. The summed E-state index contributed by atoms with van der Waals surface area (Å²) in [5.41, 5.74) is 1.04. The summed E-state index contributed by atoms with van der Waals surface area (Å²) in [4.78, 5) is 16.3. The van der Waals surface area contributed by atoms with Gasteiger partial charge in [-0.1, -0.05) is 42.1 Å². The number of hydrogen-bond acceptors (Lipinski definition) is 5. The molecule has 2 heterocycles. The molecule has 3 rings (SSSR count). The molecule has 6 nitrogen and oxygen atoms in total. The molecular formula is C18H21N3O3S2. The second-order valence-corrected chi connectivity index (χ2v) is 8.93.